The van der Waals surface area contributed by atoms with Crippen LogP contribution in [0, 0.1) is 0 Å². The van der Waals surface area contributed by atoms with Crippen LogP contribution in [0.3, 0.4) is 0 Å². The van der Waals surface area contributed by atoms with Gasteiger partial charge >= 0.3 is 7.60 Å². The minimum Gasteiger partial charge on any atom is -0.324 e. The Balaban J connectivity index is 2.66. The quantitative estimate of drug-likeness (QED) is 0.659. The molecule has 0 saturated heterocycles. The van der Waals surface area contributed by atoms with Crippen LogP contribution in [0.1, 0.15) is 5.01 Å². The summed E-state index contributed by atoms with van der Waals surface area (Å²) in [5, 5.41) is 2.17. The van der Waals surface area contributed by atoms with Gasteiger partial charge < -0.3 is 9.79 Å². The second-order valence-electron chi connectivity index (χ2n) is 1.75. The van der Waals surface area contributed by atoms with Crippen molar-refractivity contribution in [3.8, 4) is 0 Å². The number of hydrogen-bond donors (Lipinski definition) is 2. The maximum Gasteiger partial charge on any atom is 0.332 e. The summed E-state index contributed by atoms with van der Waals surface area (Å²) in [6.45, 7) is 0. The van der Waals surface area contributed by atoms with E-state index in [0.717, 1.165) is 0 Å². The third-order valence-corrected chi connectivity index (χ3v) is 2.53. The van der Waals surface area contributed by atoms with E-state index in [1.54, 1.807) is 5.38 Å². The SMILES string of the molecule is O=P(O)(O)Cc1nccs1. The van der Waals surface area contributed by atoms with Crippen LogP contribution in [0.4, 0.5) is 0 Å². The van der Waals surface area contributed by atoms with Gasteiger partial charge in [0.15, 0.2) is 0 Å². The van der Waals surface area contributed by atoms with Crippen molar-refractivity contribution in [1.29, 1.82) is 0 Å². The van der Waals surface area contributed by atoms with Crippen LogP contribution in [-0.2, 0) is 10.7 Å². The Labute approximate surface area is 61.7 Å². The van der Waals surface area contributed by atoms with Crippen molar-refractivity contribution in [3.63, 3.8) is 0 Å². The lowest BCUT2D eigenvalue weighted by Crippen LogP contribution is -1.83. The highest BCUT2D eigenvalue weighted by Gasteiger charge is 2.14. The summed E-state index contributed by atoms with van der Waals surface area (Å²) in [6.07, 6.45) is 1.28. The van der Waals surface area contributed by atoms with Crippen LogP contribution >= 0.6 is 18.9 Å². The number of nitrogens with zero attached hydrogens (tertiary/aromatic N) is 1. The van der Waals surface area contributed by atoms with Gasteiger partial charge in [0.1, 0.15) is 11.2 Å². The molecule has 0 aliphatic rings. The molecule has 0 atom stereocenters. The van der Waals surface area contributed by atoms with Gasteiger partial charge in [0.2, 0.25) is 0 Å². The van der Waals surface area contributed by atoms with Crippen molar-refractivity contribution in [2.75, 3.05) is 0 Å². The molecule has 0 unspecified atom stereocenters. The van der Waals surface area contributed by atoms with Crippen LogP contribution in [-0.4, -0.2) is 14.8 Å². The lowest BCUT2D eigenvalue weighted by molar-refractivity contribution is 0.371. The molecule has 4 nitrogen and oxygen atoms in total. The zero-order valence-electron chi connectivity index (χ0n) is 4.97. The largest absolute Gasteiger partial charge is 0.332 e. The molecule has 2 N–H and O–H groups in total. The zero-order chi connectivity index (χ0) is 7.61. The van der Waals surface area contributed by atoms with E-state index < -0.39 is 7.60 Å². The number of thiazole rings is 1. The topological polar surface area (TPSA) is 70.4 Å². The van der Waals surface area contributed by atoms with Crippen molar-refractivity contribution in [1.82, 2.24) is 4.98 Å². The summed E-state index contributed by atoms with van der Waals surface area (Å²) in [6, 6.07) is 0. The summed E-state index contributed by atoms with van der Waals surface area (Å²) < 4.78 is 10.4. The van der Waals surface area contributed by atoms with Crippen LogP contribution in [0.5, 0.6) is 0 Å². The van der Waals surface area contributed by atoms with E-state index in [2.05, 4.69) is 4.98 Å². The van der Waals surface area contributed by atoms with Crippen molar-refractivity contribution < 1.29 is 14.4 Å². The van der Waals surface area contributed by atoms with Crippen molar-refractivity contribution in [2.45, 2.75) is 6.16 Å². The van der Waals surface area contributed by atoms with E-state index in [9.17, 15) is 4.57 Å². The van der Waals surface area contributed by atoms with E-state index in [1.165, 1.54) is 17.5 Å². The summed E-state index contributed by atoms with van der Waals surface area (Å²) in [4.78, 5) is 20.7. The molecule has 0 radical (unpaired) electrons. The molecular formula is C4H6NO3PS. The Morgan fingerprint density at radius 3 is 2.80 bits per heavy atom. The monoisotopic (exact) mass is 179 g/mol. The van der Waals surface area contributed by atoms with Gasteiger partial charge in [-0.25, -0.2) is 4.98 Å². The second kappa shape index (κ2) is 2.80. The van der Waals surface area contributed by atoms with E-state index in [0.29, 0.717) is 5.01 Å². The summed E-state index contributed by atoms with van der Waals surface area (Å²) in [7, 11) is -3.91. The van der Waals surface area contributed by atoms with Crippen molar-refractivity contribution in [3.05, 3.63) is 16.6 Å². The zero-order valence-corrected chi connectivity index (χ0v) is 6.68. The first-order chi connectivity index (χ1) is 4.58. The average Bonchev–Trinajstić information content (AvgIpc) is 2.12. The highest BCUT2D eigenvalue weighted by molar-refractivity contribution is 7.51. The van der Waals surface area contributed by atoms with Gasteiger partial charge in [-0.05, 0) is 0 Å². The highest BCUT2D eigenvalue weighted by atomic mass is 32.1. The maximum atomic E-state index is 10.4. The number of rotatable bonds is 2. The summed E-state index contributed by atoms with van der Waals surface area (Å²) in [5.74, 6) is 0. The van der Waals surface area contributed by atoms with Gasteiger partial charge in [0.05, 0.1) is 0 Å². The fourth-order valence-corrected chi connectivity index (χ4v) is 2.14. The lowest BCUT2D eigenvalue weighted by atomic mass is 10.8. The Bertz CT molecular complexity index is 241. The molecule has 0 aliphatic carbocycles. The second-order valence-corrected chi connectivity index (χ2v) is 4.37. The molecule has 6 heteroatoms. The normalized spacial score (nSPS) is 11.8. The Kier molecular flexibility index (Phi) is 2.21. The highest BCUT2D eigenvalue weighted by Crippen LogP contribution is 2.39. The Morgan fingerprint density at radius 1 is 1.70 bits per heavy atom. The molecule has 0 fully saturated rings. The van der Waals surface area contributed by atoms with Crippen molar-refractivity contribution >= 4 is 18.9 Å². The van der Waals surface area contributed by atoms with E-state index in [4.69, 9.17) is 9.79 Å². The Hall–Kier alpha value is -0.220. The molecule has 0 saturated carbocycles. The molecule has 1 rings (SSSR count). The molecule has 0 aliphatic heterocycles. The minimum atomic E-state index is -3.91. The van der Waals surface area contributed by atoms with Crippen LogP contribution < -0.4 is 0 Å². The van der Waals surface area contributed by atoms with Gasteiger partial charge in [-0.15, -0.1) is 11.3 Å². The lowest BCUT2D eigenvalue weighted by Gasteiger charge is -1.97. The van der Waals surface area contributed by atoms with Gasteiger partial charge in [-0.2, -0.15) is 0 Å². The van der Waals surface area contributed by atoms with E-state index in [1.807, 2.05) is 0 Å². The Morgan fingerprint density at radius 2 is 2.40 bits per heavy atom. The molecule has 0 amide bonds. The molecule has 1 heterocycles. The molecule has 1 aromatic rings. The van der Waals surface area contributed by atoms with Crippen LogP contribution in [0.15, 0.2) is 11.6 Å². The van der Waals surface area contributed by atoms with Crippen molar-refractivity contribution in [2.24, 2.45) is 0 Å². The summed E-state index contributed by atoms with van der Waals surface area (Å²) >= 11 is 1.25. The predicted molar refractivity (Wildman–Crippen MR) is 37.9 cm³/mol. The van der Waals surface area contributed by atoms with Gasteiger partial charge in [0, 0.05) is 11.6 Å². The summed E-state index contributed by atoms with van der Waals surface area (Å²) in [5.41, 5.74) is 0. The number of aromatic nitrogens is 1. The van der Waals surface area contributed by atoms with Gasteiger partial charge in [-0.1, -0.05) is 0 Å². The third-order valence-electron chi connectivity index (χ3n) is 0.825. The maximum absolute atomic E-state index is 10.4. The number of hydrogen-bond acceptors (Lipinski definition) is 3. The smallest absolute Gasteiger partial charge is 0.324 e. The first-order valence-electron chi connectivity index (χ1n) is 2.51. The van der Waals surface area contributed by atoms with Crippen LogP contribution in [0.25, 0.3) is 0 Å². The molecule has 10 heavy (non-hydrogen) atoms. The first kappa shape index (κ1) is 7.88. The molecule has 0 aromatic carbocycles. The van der Waals surface area contributed by atoms with Gasteiger partial charge in [-0.3, -0.25) is 4.57 Å². The van der Waals surface area contributed by atoms with Crippen LogP contribution in [0.2, 0.25) is 0 Å². The molecule has 0 spiro atoms. The molecular weight excluding hydrogens is 173 g/mol. The minimum absolute atomic E-state index is 0.245. The fourth-order valence-electron chi connectivity index (χ4n) is 0.507. The molecule has 0 bridgehead atoms. The van der Waals surface area contributed by atoms with Gasteiger partial charge in [0.25, 0.3) is 0 Å². The average molecular weight is 179 g/mol. The molecule has 56 valence electrons. The van der Waals surface area contributed by atoms with E-state index in [-0.39, 0.29) is 6.16 Å². The molecule has 1 aromatic heterocycles. The third kappa shape index (κ3) is 2.58. The van der Waals surface area contributed by atoms with E-state index >= 15 is 0 Å². The predicted octanol–water partition coefficient (Wildman–Crippen LogP) is 0.821. The standard InChI is InChI=1S/C4H6NO3PS/c6-9(7,8)3-4-5-1-2-10-4/h1-2H,3H2,(H2,6,7,8). The fraction of sp³-hybridized carbons (Fsp3) is 0.250. The first-order valence-corrected chi connectivity index (χ1v) is 5.18.